The van der Waals surface area contributed by atoms with Gasteiger partial charge in [0.25, 0.3) is 6.43 Å². The molecular formula is C11H16F2N2O3S. The molecular weight excluding hydrogens is 278 g/mol. The number of halogens is 2. The van der Waals surface area contributed by atoms with E-state index in [4.69, 9.17) is 10.5 Å². The van der Waals surface area contributed by atoms with Gasteiger partial charge in [0.1, 0.15) is 10.6 Å². The molecule has 1 rings (SSSR count). The van der Waals surface area contributed by atoms with Gasteiger partial charge in [-0.3, -0.25) is 0 Å². The van der Waals surface area contributed by atoms with Crippen LogP contribution >= 0.6 is 0 Å². The van der Waals surface area contributed by atoms with Crippen LogP contribution in [0.3, 0.4) is 0 Å². The van der Waals surface area contributed by atoms with Crippen molar-refractivity contribution in [3.05, 3.63) is 23.8 Å². The second-order valence-corrected chi connectivity index (χ2v) is 5.88. The first-order chi connectivity index (χ1) is 8.82. The van der Waals surface area contributed by atoms with E-state index in [0.717, 1.165) is 7.05 Å². The maximum Gasteiger partial charge on any atom is 0.252 e. The number of alkyl halides is 2. The highest BCUT2D eigenvalue weighted by molar-refractivity contribution is 7.89. The van der Waals surface area contributed by atoms with Crippen molar-refractivity contribution in [2.24, 2.45) is 5.73 Å². The summed E-state index contributed by atoms with van der Waals surface area (Å²) in [5.74, 6) is 0.0957. The van der Waals surface area contributed by atoms with Gasteiger partial charge < -0.3 is 10.5 Å². The molecule has 8 heteroatoms. The van der Waals surface area contributed by atoms with Crippen molar-refractivity contribution >= 4 is 10.0 Å². The van der Waals surface area contributed by atoms with E-state index in [1.165, 1.54) is 19.2 Å². The van der Waals surface area contributed by atoms with Crippen molar-refractivity contribution in [1.29, 1.82) is 0 Å². The average Bonchev–Trinajstić information content (AvgIpc) is 2.37. The molecule has 0 fully saturated rings. The zero-order valence-electron chi connectivity index (χ0n) is 10.6. The molecule has 0 aliphatic rings. The molecule has 0 saturated heterocycles. The lowest BCUT2D eigenvalue weighted by atomic mass is 10.2. The normalized spacial score (nSPS) is 12.2. The molecule has 0 spiro atoms. The predicted octanol–water partition coefficient (Wildman–Crippen LogP) is 1.04. The number of methoxy groups -OCH3 is 1. The molecule has 0 bridgehead atoms. The van der Waals surface area contributed by atoms with Gasteiger partial charge in [0.15, 0.2) is 0 Å². The molecule has 0 aliphatic carbocycles. The summed E-state index contributed by atoms with van der Waals surface area (Å²) in [5, 5.41) is 0. The molecule has 1 aromatic rings. The first-order valence-corrected chi connectivity index (χ1v) is 6.88. The van der Waals surface area contributed by atoms with Crippen LogP contribution in [0, 0.1) is 0 Å². The quantitative estimate of drug-likeness (QED) is 0.851. The van der Waals surface area contributed by atoms with Crippen molar-refractivity contribution in [3.8, 4) is 5.75 Å². The first-order valence-electron chi connectivity index (χ1n) is 5.44. The van der Waals surface area contributed by atoms with E-state index in [9.17, 15) is 17.2 Å². The second kappa shape index (κ2) is 6.27. The molecule has 0 unspecified atom stereocenters. The molecule has 2 N–H and O–H groups in total. The minimum Gasteiger partial charge on any atom is -0.495 e. The van der Waals surface area contributed by atoms with Crippen LogP contribution in [-0.4, -0.2) is 39.9 Å². The molecule has 0 aromatic heterocycles. The summed E-state index contributed by atoms with van der Waals surface area (Å²) in [7, 11) is -1.63. The van der Waals surface area contributed by atoms with Crippen molar-refractivity contribution < 1.29 is 21.9 Å². The highest BCUT2D eigenvalue weighted by atomic mass is 32.2. The number of rotatable bonds is 6. The SMILES string of the molecule is COc1ccc(CN)cc1S(=O)(=O)N(C)CC(F)F. The van der Waals surface area contributed by atoms with Gasteiger partial charge in [-0.25, -0.2) is 17.2 Å². The molecule has 0 atom stereocenters. The number of ether oxygens (including phenoxy) is 1. The Bertz CT molecular complexity index is 535. The Kier molecular flexibility index (Phi) is 5.21. The minimum absolute atomic E-state index is 0.0957. The second-order valence-electron chi connectivity index (χ2n) is 3.87. The van der Waals surface area contributed by atoms with Crippen LogP contribution < -0.4 is 10.5 Å². The zero-order chi connectivity index (χ0) is 14.6. The monoisotopic (exact) mass is 294 g/mol. The van der Waals surface area contributed by atoms with Gasteiger partial charge in [-0.05, 0) is 17.7 Å². The molecule has 108 valence electrons. The standard InChI is InChI=1S/C11H16F2N2O3S/c1-15(7-11(12)13)19(16,17)10-5-8(6-14)3-4-9(10)18-2/h3-5,11H,6-7,14H2,1-2H3. The summed E-state index contributed by atoms with van der Waals surface area (Å²) in [6.45, 7) is -0.733. The molecule has 5 nitrogen and oxygen atoms in total. The maximum absolute atomic E-state index is 12.3. The Hall–Kier alpha value is -1.25. The van der Waals surface area contributed by atoms with Crippen LogP contribution in [0.2, 0.25) is 0 Å². The van der Waals surface area contributed by atoms with E-state index < -0.39 is 23.0 Å². The van der Waals surface area contributed by atoms with Gasteiger partial charge in [0.05, 0.1) is 13.7 Å². The van der Waals surface area contributed by atoms with Crippen molar-refractivity contribution in [2.45, 2.75) is 17.9 Å². The number of benzene rings is 1. The summed E-state index contributed by atoms with van der Waals surface area (Å²) in [5.41, 5.74) is 6.02. The van der Waals surface area contributed by atoms with Gasteiger partial charge >= 0.3 is 0 Å². The number of hydrogen-bond donors (Lipinski definition) is 1. The largest absolute Gasteiger partial charge is 0.495 e. The predicted molar refractivity (Wildman–Crippen MR) is 66.7 cm³/mol. The summed E-state index contributed by atoms with van der Waals surface area (Å²) >= 11 is 0. The van der Waals surface area contributed by atoms with Crippen molar-refractivity contribution in [3.63, 3.8) is 0 Å². The Morgan fingerprint density at radius 2 is 2.05 bits per heavy atom. The topological polar surface area (TPSA) is 72.6 Å². The molecule has 1 aromatic carbocycles. The molecule has 0 aliphatic heterocycles. The maximum atomic E-state index is 12.3. The van der Waals surface area contributed by atoms with Crippen LogP contribution in [-0.2, 0) is 16.6 Å². The average molecular weight is 294 g/mol. The van der Waals surface area contributed by atoms with Gasteiger partial charge in [0.2, 0.25) is 10.0 Å². The Morgan fingerprint density at radius 1 is 1.42 bits per heavy atom. The lowest BCUT2D eigenvalue weighted by Crippen LogP contribution is -2.31. The van der Waals surface area contributed by atoms with E-state index in [-0.39, 0.29) is 17.2 Å². The van der Waals surface area contributed by atoms with E-state index in [1.807, 2.05) is 0 Å². The summed E-state index contributed by atoms with van der Waals surface area (Å²) in [4.78, 5) is -0.166. The molecule has 0 radical (unpaired) electrons. The number of nitrogens with zero attached hydrogens (tertiary/aromatic N) is 1. The highest BCUT2D eigenvalue weighted by Crippen LogP contribution is 2.27. The Labute approximate surface area is 111 Å². The third-order valence-corrected chi connectivity index (χ3v) is 4.39. The van der Waals surface area contributed by atoms with Gasteiger partial charge in [-0.1, -0.05) is 6.07 Å². The Morgan fingerprint density at radius 3 is 2.53 bits per heavy atom. The van der Waals surface area contributed by atoms with Gasteiger partial charge in [-0.15, -0.1) is 0 Å². The fourth-order valence-corrected chi connectivity index (χ4v) is 2.86. The number of sulfonamides is 1. The third-order valence-electron chi connectivity index (χ3n) is 2.55. The molecule has 0 heterocycles. The number of nitrogens with two attached hydrogens (primary N) is 1. The molecule has 19 heavy (non-hydrogen) atoms. The van der Waals surface area contributed by atoms with E-state index in [0.29, 0.717) is 9.87 Å². The fraction of sp³-hybridized carbons (Fsp3) is 0.455. The van der Waals surface area contributed by atoms with Crippen molar-refractivity contribution in [1.82, 2.24) is 4.31 Å². The van der Waals surface area contributed by atoms with E-state index in [1.54, 1.807) is 6.07 Å². The van der Waals surface area contributed by atoms with Crippen LogP contribution in [0.5, 0.6) is 5.75 Å². The smallest absolute Gasteiger partial charge is 0.252 e. The molecule has 0 amide bonds. The van der Waals surface area contributed by atoms with Crippen LogP contribution in [0.15, 0.2) is 23.1 Å². The first kappa shape index (κ1) is 15.8. The van der Waals surface area contributed by atoms with E-state index in [2.05, 4.69) is 0 Å². The van der Waals surface area contributed by atoms with Crippen LogP contribution in [0.4, 0.5) is 8.78 Å². The van der Waals surface area contributed by atoms with Gasteiger partial charge in [-0.2, -0.15) is 4.31 Å². The van der Waals surface area contributed by atoms with Crippen molar-refractivity contribution in [2.75, 3.05) is 20.7 Å². The van der Waals surface area contributed by atoms with Gasteiger partial charge in [0, 0.05) is 13.6 Å². The number of hydrogen-bond acceptors (Lipinski definition) is 4. The molecule has 0 saturated carbocycles. The lowest BCUT2D eigenvalue weighted by molar-refractivity contribution is 0.126. The summed E-state index contributed by atoms with van der Waals surface area (Å²) in [6, 6.07) is 4.40. The highest BCUT2D eigenvalue weighted by Gasteiger charge is 2.27. The van der Waals surface area contributed by atoms with E-state index >= 15 is 0 Å². The minimum atomic E-state index is -4.04. The fourth-order valence-electron chi connectivity index (χ4n) is 1.51. The van der Waals surface area contributed by atoms with Crippen LogP contribution in [0.25, 0.3) is 0 Å². The summed E-state index contributed by atoms with van der Waals surface area (Å²) in [6.07, 6.45) is -2.75. The zero-order valence-corrected chi connectivity index (χ0v) is 11.5. The third kappa shape index (κ3) is 3.62. The Balaban J connectivity index is 3.26. The lowest BCUT2D eigenvalue weighted by Gasteiger charge is -2.18. The van der Waals surface area contributed by atoms with Crippen LogP contribution in [0.1, 0.15) is 5.56 Å². The summed E-state index contributed by atoms with van der Waals surface area (Å²) < 4.78 is 54.5.